The van der Waals surface area contributed by atoms with Gasteiger partial charge in [0.05, 0.1) is 0 Å². The molecule has 0 heterocycles. The topological polar surface area (TPSA) is 75.6 Å². The summed E-state index contributed by atoms with van der Waals surface area (Å²) >= 11 is 0. The second kappa shape index (κ2) is 7.22. The van der Waals surface area contributed by atoms with Crippen LogP contribution in [0.1, 0.15) is 34.1 Å². The third-order valence-electron chi connectivity index (χ3n) is 2.56. The predicted octanol–water partition coefficient (Wildman–Crippen LogP) is 1.03. The van der Waals surface area contributed by atoms with Crippen molar-refractivity contribution in [3.8, 4) is 0 Å². The molecule has 0 radical (unpaired) electrons. The lowest BCUT2D eigenvalue weighted by Crippen LogP contribution is -2.48. The highest BCUT2D eigenvalue weighted by Crippen LogP contribution is 2.08. The van der Waals surface area contributed by atoms with E-state index in [0.29, 0.717) is 13.0 Å². The third-order valence-corrected chi connectivity index (χ3v) is 2.56. The first-order valence-corrected chi connectivity index (χ1v) is 5.58. The first-order chi connectivity index (χ1) is 7.43. The second-order valence-electron chi connectivity index (χ2n) is 3.81. The van der Waals surface area contributed by atoms with E-state index in [1.807, 2.05) is 6.92 Å². The summed E-state index contributed by atoms with van der Waals surface area (Å²) < 4.78 is 5.09. The maximum atomic E-state index is 11.6. The molecular weight excluding hydrogens is 210 g/mol. The third kappa shape index (κ3) is 4.61. The first kappa shape index (κ1) is 14.9. The molecule has 94 valence electrons. The molecular formula is C11H21NO4. The molecule has 2 N–H and O–H groups in total. The Bertz CT molecular complexity index is 242. The van der Waals surface area contributed by atoms with E-state index in [0.717, 1.165) is 0 Å². The van der Waals surface area contributed by atoms with Crippen molar-refractivity contribution in [1.82, 2.24) is 5.32 Å². The average molecular weight is 231 g/mol. The van der Waals surface area contributed by atoms with Crippen molar-refractivity contribution in [2.24, 2.45) is 5.92 Å². The number of carboxylic acid groups (broad SMARTS) is 1. The number of ether oxygens (including phenoxy) is 1. The molecule has 3 atom stereocenters. The van der Waals surface area contributed by atoms with Crippen LogP contribution < -0.4 is 5.32 Å². The van der Waals surface area contributed by atoms with Crippen molar-refractivity contribution in [3.05, 3.63) is 0 Å². The summed E-state index contributed by atoms with van der Waals surface area (Å²) in [5.74, 6) is -1.49. The molecule has 0 aromatic carbocycles. The molecule has 0 aromatic heterocycles. The van der Waals surface area contributed by atoms with Gasteiger partial charge in [-0.1, -0.05) is 20.3 Å². The zero-order chi connectivity index (χ0) is 12.7. The number of hydrogen-bond donors (Lipinski definition) is 2. The van der Waals surface area contributed by atoms with Gasteiger partial charge in [0.1, 0.15) is 12.1 Å². The van der Waals surface area contributed by atoms with Crippen LogP contribution in [0.15, 0.2) is 0 Å². The Kier molecular flexibility index (Phi) is 6.72. The maximum absolute atomic E-state index is 11.6. The van der Waals surface area contributed by atoms with Crippen LogP contribution in [-0.4, -0.2) is 35.7 Å². The Morgan fingerprint density at radius 2 is 1.88 bits per heavy atom. The molecule has 3 unspecified atom stereocenters. The molecule has 0 rings (SSSR count). The molecule has 0 saturated heterocycles. The maximum Gasteiger partial charge on any atom is 0.326 e. The van der Waals surface area contributed by atoms with Gasteiger partial charge in [-0.15, -0.1) is 0 Å². The van der Waals surface area contributed by atoms with E-state index >= 15 is 0 Å². The van der Waals surface area contributed by atoms with Crippen molar-refractivity contribution >= 4 is 11.9 Å². The summed E-state index contributed by atoms with van der Waals surface area (Å²) in [5.41, 5.74) is 0. The van der Waals surface area contributed by atoms with Crippen molar-refractivity contribution < 1.29 is 19.4 Å². The molecule has 1 amide bonds. The lowest BCUT2D eigenvalue weighted by molar-refractivity contribution is -0.145. The van der Waals surface area contributed by atoms with Gasteiger partial charge in [-0.05, 0) is 19.8 Å². The number of rotatable bonds is 7. The number of carboxylic acids is 1. The Balaban J connectivity index is 4.40. The van der Waals surface area contributed by atoms with Crippen LogP contribution in [-0.2, 0) is 14.3 Å². The van der Waals surface area contributed by atoms with Gasteiger partial charge in [-0.3, -0.25) is 4.79 Å². The van der Waals surface area contributed by atoms with Gasteiger partial charge >= 0.3 is 5.97 Å². The summed E-state index contributed by atoms with van der Waals surface area (Å²) in [4.78, 5) is 22.5. The highest BCUT2D eigenvalue weighted by Gasteiger charge is 2.27. The molecule has 16 heavy (non-hydrogen) atoms. The number of carbonyl (C=O) groups is 2. The number of aliphatic carboxylic acids is 1. The Morgan fingerprint density at radius 1 is 1.31 bits per heavy atom. The fourth-order valence-corrected chi connectivity index (χ4v) is 1.28. The molecule has 0 saturated carbocycles. The summed E-state index contributed by atoms with van der Waals surface area (Å²) in [5, 5.41) is 11.5. The summed E-state index contributed by atoms with van der Waals surface area (Å²) in [6.45, 7) is 7.50. The fraction of sp³-hybridized carbons (Fsp3) is 0.818. The first-order valence-electron chi connectivity index (χ1n) is 5.58. The average Bonchev–Trinajstić information content (AvgIpc) is 2.24. The Labute approximate surface area is 96.2 Å². The SMILES string of the molecule is CCOC(C)C(=O)NC(C(=O)O)C(C)CC. The van der Waals surface area contributed by atoms with Crippen LogP contribution in [0.3, 0.4) is 0 Å². The monoisotopic (exact) mass is 231 g/mol. The van der Waals surface area contributed by atoms with Crippen molar-refractivity contribution in [1.29, 1.82) is 0 Å². The van der Waals surface area contributed by atoms with Gasteiger partial charge in [0.2, 0.25) is 5.91 Å². The predicted molar refractivity (Wildman–Crippen MR) is 60.1 cm³/mol. The van der Waals surface area contributed by atoms with Crippen LogP contribution in [0.2, 0.25) is 0 Å². The van der Waals surface area contributed by atoms with Gasteiger partial charge in [0.15, 0.2) is 0 Å². The summed E-state index contributed by atoms with van der Waals surface area (Å²) in [6.07, 6.45) is 0.0798. The minimum absolute atomic E-state index is 0.102. The highest BCUT2D eigenvalue weighted by atomic mass is 16.5. The molecule has 5 heteroatoms. The van der Waals surface area contributed by atoms with Gasteiger partial charge < -0.3 is 15.2 Å². The van der Waals surface area contributed by atoms with E-state index in [1.165, 1.54) is 0 Å². The van der Waals surface area contributed by atoms with Gasteiger partial charge in [-0.25, -0.2) is 4.79 Å². The van der Waals surface area contributed by atoms with Crippen molar-refractivity contribution in [2.45, 2.75) is 46.3 Å². The van der Waals surface area contributed by atoms with E-state index < -0.39 is 18.1 Å². The normalized spacial score (nSPS) is 16.2. The van der Waals surface area contributed by atoms with E-state index in [1.54, 1.807) is 20.8 Å². The summed E-state index contributed by atoms with van der Waals surface area (Å²) in [7, 11) is 0. The van der Waals surface area contributed by atoms with Crippen LogP contribution in [0.25, 0.3) is 0 Å². The minimum atomic E-state index is -1.01. The van der Waals surface area contributed by atoms with Crippen LogP contribution >= 0.6 is 0 Å². The van der Waals surface area contributed by atoms with E-state index in [9.17, 15) is 9.59 Å². The van der Waals surface area contributed by atoms with E-state index in [4.69, 9.17) is 9.84 Å². The van der Waals surface area contributed by atoms with Crippen molar-refractivity contribution in [3.63, 3.8) is 0 Å². The standard InChI is InChI=1S/C11H21NO4/c1-5-7(3)9(11(14)15)12-10(13)8(4)16-6-2/h7-9H,5-6H2,1-4H3,(H,12,13)(H,14,15). The Hall–Kier alpha value is -1.10. The minimum Gasteiger partial charge on any atom is -0.480 e. The molecule has 0 fully saturated rings. The molecule has 0 aromatic rings. The summed E-state index contributed by atoms with van der Waals surface area (Å²) in [6, 6.07) is -0.847. The number of hydrogen-bond acceptors (Lipinski definition) is 3. The molecule has 0 aliphatic carbocycles. The van der Waals surface area contributed by atoms with Gasteiger partial charge in [-0.2, -0.15) is 0 Å². The van der Waals surface area contributed by atoms with E-state index in [-0.39, 0.29) is 11.8 Å². The quantitative estimate of drug-likeness (QED) is 0.686. The number of amides is 1. The molecule has 0 bridgehead atoms. The van der Waals surface area contributed by atoms with Gasteiger partial charge in [0.25, 0.3) is 0 Å². The Morgan fingerprint density at radius 3 is 2.25 bits per heavy atom. The zero-order valence-corrected chi connectivity index (χ0v) is 10.3. The van der Waals surface area contributed by atoms with Gasteiger partial charge in [0, 0.05) is 6.61 Å². The highest BCUT2D eigenvalue weighted by molar-refractivity contribution is 5.86. The van der Waals surface area contributed by atoms with E-state index in [2.05, 4.69) is 5.32 Å². The molecule has 5 nitrogen and oxygen atoms in total. The van der Waals surface area contributed by atoms with Crippen LogP contribution in [0.4, 0.5) is 0 Å². The van der Waals surface area contributed by atoms with Crippen molar-refractivity contribution in [2.75, 3.05) is 6.61 Å². The fourth-order valence-electron chi connectivity index (χ4n) is 1.28. The lowest BCUT2D eigenvalue weighted by atomic mass is 9.99. The lowest BCUT2D eigenvalue weighted by Gasteiger charge is -2.22. The molecule has 0 spiro atoms. The zero-order valence-electron chi connectivity index (χ0n) is 10.3. The molecule has 0 aliphatic rings. The van der Waals surface area contributed by atoms with Crippen LogP contribution in [0.5, 0.6) is 0 Å². The largest absolute Gasteiger partial charge is 0.480 e. The second-order valence-corrected chi connectivity index (χ2v) is 3.81. The number of nitrogens with one attached hydrogen (secondary N) is 1. The molecule has 0 aliphatic heterocycles. The van der Waals surface area contributed by atoms with Crippen LogP contribution in [0, 0.1) is 5.92 Å². The smallest absolute Gasteiger partial charge is 0.326 e. The number of carbonyl (C=O) groups excluding carboxylic acids is 1.